The lowest BCUT2D eigenvalue weighted by atomic mass is 10.1. The Bertz CT molecular complexity index is 483. The quantitative estimate of drug-likeness (QED) is 0.752. The van der Waals surface area contributed by atoms with Crippen molar-refractivity contribution in [2.75, 3.05) is 0 Å². The number of rotatable bonds is 3. The normalized spacial score (nSPS) is 12.7. The Morgan fingerprint density at radius 2 is 2.19 bits per heavy atom. The van der Waals surface area contributed by atoms with Gasteiger partial charge in [-0.3, -0.25) is 0 Å². The maximum Gasteiger partial charge on any atom is 0.126 e. The van der Waals surface area contributed by atoms with Gasteiger partial charge in [-0.05, 0) is 25.0 Å². The van der Waals surface area contributed by atoms with Crippen molar-refractivity contribution in [1.29, 1.82) is 0 Å². The fraction of sp³-hybridized carbons (Fsp3) is 0.250. The molecule has 1 nitrogen and oxygen atoms in total. The molecule has 0 saturated carbocycles. The number of benzene rings is 1. The van der Waals surface area contributed by atoms with Crippen LogP contribution in [0, 0.1) is 12.7 Å². The van der Waals surface area contributed by atoms with E-state index in [1.54, 1.807) is 23.5 Å². The molecule has 16 heavy (non-hydrogen) atoms. The van der Waals surface area contributed by atoms with E-state index in [-0.39, 0.29) is 11.2 Å². The Labute approximate surface area is 103 Å². The van der Waals surface area contributed by atoms with E-state index in [2.05, 4.69) is 4.98 Å². The Kier molecular flexibility index (Phi) is 3.56. The van der Waals surface area contributed by atoms with Crippen molar-refractivity contribution in [3.63, 3.8) is 0 Å². The Balaban J connectivity index is 2.13. The van der Waals surface area contributed by atoms with Crippen molar-refractivity contribution in [2.24, 2.45) is 0 Å². The average molecular weight is 256 g/mol. The molecule has 0 aliphatic heterocycles. The van der Waals surface area contributed by atoms with Crippen LogP contribution in [0.1, 0.15) is 21.6 Å². The molecule has 2 rings (SSSR count). The highest BCUT2D eigenvalue weighted by Crippen LogP contribution is 2.26. The third kappa shape index (κ3) is 2.60. The molecule has 4 heteroatoms. The van der Waals surface area contributed by atoms with E-state index in [4.69, 9.17) is 11.6 Å². The fourth-order valence-electron chi connectivity index (χ4n) is 1.49. The smallest absolute Gasteiger partial charge is 0.126 e. The van der Waals surface area contributed by atoms with Crippen molar-refractivity contribution >= 4 is 22.9 Å². The van der Waals surface area contributed by atoms with Gasteiger partial charge in [0.05, 0.1) is 16.1 Å². The second-order valence-electron chi connectivity index (χ2n) is 3.55. The predicted molar refractivity (Wildman–Crippen MR) is 65.5 cm³/mol. The maximum absolute atomic E-state index is 13.4. The summed E-state index contributed by atoms with van der Waals surface area (Å²) in [5.41, 5.74) is 1.46. The van der Waals surface area contributed by atoms with Gasteiger partial charge in [0, 0.05) is 5.38 Å². The minimum absolute atomic E-state index is 0.208. The third-order valence-electron chi connectivity index (χ3n) is 2.31. The summed E-state index contributed by atoms with van der Waals surface area (Å²) < 4.78 is 13.4. The van der Waals surface area contributed by atoms with E-state index in [0.29, 0.717) is 12.0 Å². The van der Waals surface area contributed by atoms with Crippen LogP contribution < -0.4 is 0 Å². The van der Waals surface area contributed by atoms with Crippen LogP contribution in [-0.4, -0.2) is 4.98 Å². The monoisotopic (exact) mass is 255 g/mol. The lowest BCUT2D eigenvalue weighted by Crippen LogP contribution is -1.98. The van der Waals surface area contributed by atoms with Crippen LogP contribution >= 0.6 is 22.9 Å². The van der Waals surface area contributed by atoms with Gasteiger partial charge in [-0.15, -0.1) is 22.9 Å². The molecule has 0 aliphatic carbocycles. The lowest BCUT2D eigenvalue weighted by molar-refractivity contribution is 0.606. The average Bonchev–Trinajstić information content (AvgIpc) is 2.68. The van der Waals surface area contributed by atoms with Gasteiger partial charge in [0.25, 0.3) is 0 Å². The minimum atomic E-state index is -0.262. The van der Waals surface area contributed by atoms with Crippen LogP contribution in [-0.2, 0) is 6.42 Å². The fourth-order valence-corrected chi connectivity index (χ4v) is 2.50. The highest BCUT2D eigenvalue weighted by Gasteiger charge is 2.13. The molecule has 0 radical (unpaired) electrons. The van der Waals surface area contributed by atoms with Crippen molar-refractivity contribution in [3.8, 4) is 0 Å². The van der Waals surface area contributed by atoms with Gasteiger partial charge in [0.1, 0.15) is 5.82 Å². The summed E-state index contributed by atoms with van der Waals surface area (Å²) in [6.07, 6.45) is 0.470. The number of aromatic nitrogens is 1. The number of hydrogen-bond donors (Lipinski definition) is 0. The topological polar surface area (TPSA) is 12.9 Å². The summed E-state index contributed by atoms with van der Waals surface area (Å²) in [5, 5.41) is 2.64. The number of thiazole rings is 1. The first-order valence-electron chi connectivity index (χ1n) is 4.96. The number of halogens is 2. The standard InChI is InChI=1S/C12H11ClFNS/c1-8-15-12(7-16-8)10(13)6-9-4-2-3-5-11(9)14/h2-5,7,10H,6H2,1H3. The second-order valence-corrected chi connectivity index (χ2v) is 5.14. The van der Waals surface area contributed by atoms with Gasteiger partial charge in [-0.25, -0.2) is 9.37 Å². The zero-order chi connectivity index (χ0) is 11.5. The summed E-state index contributed by atoms with van der Waals surface area (Å²) in [6, 6.07) is 6.69. The van der Waals surface area contributed by atoms with Crippen LogP contribution in [0.5, 0.6) is 0 Å². The lowest BCUT2D eigenvalue weighted by Gasteiger charge is -2.07. The van der Waals surface area contributed by atoms with Crippen LogP contribution in [0.3, 0.4) is 0 Å². The van der Waals surface area contributed by atoms with Gasteiger partial charge < -0.3 is 0 Å². The molecule has 0 bridgehead atoms. The SMILES string of the molecule is Cc1nc(C(Cl)Cc2ccccc2F)cs1. The van der Waals surface area contributed by atoms with Crippen LogP contribution in [0.25, 0.3) is 0 Å². The molecule has 1 aromatic heterocycles. The van der Waals surface area contributed by atoms with E-state index >= 15 is 0 Å². The molecular formula is C12H11ClFNS. The third-order valence-corrected chi connectivity index (χ3v) is 3.48. The highest BCUT2D eigenvalue weighted by molar-refractivity contribution is 7.09. The summed E-state index contributed by atoms with van der Waals surface area (Å²) in [4.78, 5) is 4.30. The maximum atomic E-state index is 13.4. The molecule has 1 aromatic carbocycles. The van der Waals surface area contributed by atoms with Gasteiger partial charge in [-0.1, -0.05) is 18.2 Å². The first-order valence-corrected chi connectivity index (χ1v) is 6.28. The molecule has 0 aliphatic rings. The number of hydrogen-bond acceptors (Lipinski definition) is 2. The van der Waals surface area contributed by atoms with Crippen molar-refractivity contribution in [3.05, 3.63) is 51.7 Å². The summed E-state index contributed by atoms with van der Waals surface area (Å²) in [7, 11) is 0. The van der Waals surface area contributed by atoms with E-state index in [0.717, 1.165) is 10.7 Å². The number of nitrogens with zero attached hydrogens (tertiary/aromatic N) is 1. The number of aryl methyl sites for hydroxylation is 1. The molecule has 1 heterocycles. The minimum Gasteiger partial charge on any atom is -0.245 e. The molecule has 84 valence electrons. The second kappa shape index (κ2) is 4.93. The summed E-state index contributed by atoms with van der Waals surface area (Å²) in [6.45, 7) is 1.93. The first-order chi connectivity index (χ1) is 7.66. The van der Waals surface area contributed by atoms with Crippen molar-refractivity contribution in [2.45, 2.75) is 18.7 Å². The zero-order valence-electron chi connectivity index (χ0n) is 8.78. The molecular weight excluding hydrogens is 245 g/mol. The summed E-state index contributed by atoms with van der Waals surface area (Å²) >= 11 is 7.76. The van der Waals surface area contributed by atoms with Crippen molar-refractivity contribution < 1.29 is 4.39 Å². The molecule has 1 atom stereocenters. The van der Waals surface area contributed by atoms with Crippen LogP contribution in [0.2, 0.25) is 0 Å². The molecule has 0 saturated heterocycles. The zero-order valence-corrected chi connectivity index (χ0v) is 10.4. The number of alkyl halides is 1. The Morgan fingerprint density at radius 3 is 2.81 bits per heavy atom. The van der Waals surface area contributed by atoms with E-state index in [1.165, 1.54) is 6.07 Å². The van der Waals surface area contributed by atoms with E-state index < -0.39 is 0 Å². The van der Waals surface area contributed by atoms with Crippen LogP contribution in [0.4, 0.5) is 4.39 Å². The molecule has 2 aromatic rings. The van der Waals surface area contributed by atoms with Gasteiger partial charge >= 0.3 is 0 Å². The molecule has 0 spiro atoms. The largest absolute Gasteiger partial charge is 0.245 e. The first kappa shape index (κ1) is 11.6. The molecule has 1 unspecified atom stereocenters. The van der Waals surface area contributed by atoms with E-state index in [9.17, 15) is 4.39 Å². The molecule has 0 N–H and O–H groups in total. The van der Waals surface area contributed by atoms with E-state index in [1.807, 2.05) is 18.4 Å². The highest BCUT2D eigenvalue weighted by atomic mass is 35.5. The molecule has 0 fully saturated rings. The van der Waals surface area contributed by atoms with Gasteiger partial charge in [-0.2, -0.15) is 0 Å². The summed E-state index contributed by atoms with van der Waals surface area (Å²) in [5.74, 6) is -0.208. The Morgan fingerprint density at radius 1 is 1.44 bits per heavy atom. The Hall–Kier alpha value is -0.930. The van der Waals surface area contributed by atoms with Crippen LogP contribution in [0.15, 0.2) is 29.6 Å². The van der Waals surface area contributed by atoms with Crippen molar-refractivity contribution in [1.82, 2.24) is 4.98 Å². The van der Waals surface area contributed by atoms with Gasteiger partial charge in [0.2, 0.25) is 0 Å². The predicted octanol–water partition coefficient (Wildman–Crippen LogP) is 4.11. The molecule has 0 amide bonds. The van der Waals surface area contributed by atoms with Gasteiger partial charge in [0.15, 0.2) is 0 Å².